The molecule has 146 valence electrons. The molecular weight excluding hydrogens is 360 g/mol. The average molecular weight is 384 g/mol. The maximum Gasteiger partial charge on any atom is 0.244 e. The summed E-state index contributed by atoms with van der Waals surface area (Å²) in [5, 5.41) is 13.9. The third kappa shape index (κ3) is 3.66. The molecule has 4 nitrogen and oxygen atoms in total. The lowest BCUT2D eigenvalue weighted by Crippen LogP contribution is -2.25. The van der Waals surface area contributed by atoms with Crippen LogP contribution in [0.5, 0.6) is 5.75 Å². The molecule has 0 radical (unpaired) electrons. The monoisotopic (exact) mass is 384 g/mol. The molecule has 1 amide bonds. The molecule has 29 heavy (non-hydrogen) atoms. The quantitative estimate of drug-likeness (QED) is 0.504. The van der Waals surface area contributed by atoms with Crippen molar-refractivity contribution in [1.29, 1.82) is 0 Å². The summed E-state index contributed by atoms with van der Waals surface area (Å²) in [5.74, 6) is -0.168. The van der Waals surface area contributed by atoms with Gasteiger partial charge in [-0.3, -0.25) is 4.79 Å². The van der Waals surface area contributed by atoms with Crippen LogP contribution in [0, 0.1) is 19.8 Å². The number of benzene rings is 3. The predicted molar refractivity (Wildman–Crippen MR) is 115 cm³/mol. The first-order valence-corrected chi connectivity index (χ1v) is 9.76. The molecule has 0 aliphatic heterocycles. The van der Waals surface area contributed by atoms with E-state index in [1.165, 1.54) is 17.3 Å². The maximum absolute atomic E-state index is 12.9. The van der Waals surface area contributed by atoms with Gasteiger partial charge in [-0.25, -0.2) is 5.43 Å². The Bertz CT molecular complexity index is 1040. The average Bonchev–Trinajstić information content (AvgIpc) is 3.47. The lowest BCUT2D eigenvalue weighted by Gasteiger charge is -2.19. The second-order valence-corrected chi connectivity index (χ2v) is 7.76. The summed E-state index contributed by atoms with van der Waals surface area (Å²) in [6.45, 7) is 4.14. The van der Waals surface area contributed by atoms with E-state index in [9.17, 15) is 9.90 Å². The molecule has 1 saturated carbocycles. The van der Waals surface area contributed by atoms with Gasteiger partial charge in [-0.2, -0.15) is 5.10 Å². The lowest BCUT2D eigenvalue weighted by atomic mass is 9.84. The first-order chi connectivity index (χ1) is 14.0. The Morgan fingerprint density at radius 2 is 1.62 bits per heavy atom. The van der Waals surface area contributed by atoms with Crippen LogP contribution in [0.3, 0.4) is 0 Å². The lowest BCUT2D eigenvalue weighted by molar-refractivity contribution is -0.122. The third-order valence-electron chi connectivity index (χ3n) is 5.66. The third-order valence-corrected chi connectivity index (χ3v) is 5.66. The Labute approximate surface area is 170 Å². The zero-order valence-corrected chi connectivity index (χ0v) is 16.6. The van der Waals surface area contributed by atoms with E-state index in [1.54, 1.807) is 18.2 Å². The number of hydrogen-bond donors (Lipinski definition) is 2. The highest BCUT2D eigenvalue weighted by Crippen LogP contribution is 2.59. The largest absolute Gasteiger partial charge is 0.507 e. The van der Waals surface area contributed by atoms with Crippen molar-refractivity contribution in [2.24, 2.45) is 11.0 Å². The van der Waals surface area contributed by atoms with Gasteiger partial charge in [0.1, 0.15) is 5.75 Å². The SMILES string of the molecule is Cc1cccc(C2(c3cccc(C)c3)C[C@@H]2C(=O)N/N=C\c2ccccc2O)c1. The van der Waals surface area contributed by atoms with Crippen molar-refractivity contribution >= 4 is 12.1 Å². The number of para-hydroxylation sites is 1. The fraction of sp³-hybridized carbons (Fsp3) is 0.200. The minimum absolute atomic E-state index is 0.111. The van der Waals surface area contributed by atoms with Gasteiger partial charge in [0, 0.05) is 11.0 Å². The first kappa shape index (κ1) is 18.9. The molecule has 1 atom stereocenters. The van der Waals surface area contributed by atoms with Gasteiger partial charge in [-0.05, 0) is 43.5 Å². The van der Waals surface area contributed by atoms with E-state index >= 15 is 0 Å². The molecule has 4 heteroatoms. The van der Waals surface area contributed by atoms with Gasteiger partial charge >= 0.3 is 0 Å². The Balaban J connectivity index is 1.60. The van der Waals surface area contributed by atoms with Gasteiger partial charge in [0.05, 0.1) is 12.1 Å². The van der Waals surface area contributed by atoms with E-state index in [4.69, 9.17) is 0 Å². The number of nitrogens with zero attached hydrogens (tertiary/aromatic N) is 1. The zero-order valence-electron chi connectivity index (χ0n) is 16.6. The van der Waals surface area contributed by atoms with Crippen molar-refractivity contribution in [3.05, 3.63) is 101 Å². The summed E-state index contributed by atoms with van der Waals surface area (Å²) >= 11 is 0. The molecule has 4 rings (SSSR count). The van der Waals surface area contributed by atoms with Gasteiger partial charge in [-0.15, -0.1) is 0 Å². The van der Waals surface area contributed by atoms with Crippen LogP contribution in [0.1, 0.15) is 34.2 Å². The minimum Gasteiger partial charge on any atom is -0.507 e. The molecule has 3 aromatic carbocycles. The van der Waals surface area contributed by atoms with Crippen LogP contribution in [-0.2, 0) is 10.2 Å². The highest BCUT2D eigenvalue weighted by molar-refractivity contribution is 5.88. The molecule has 1 aliphatic rings. The molecule has 1 aliphatic carbocycles. The number of amides is 1. The molecule has 0 unspecified atom stereocenters. The number of carbonyl (C=O) groups excluding carboxylic acids is 1. The predicted octanol–water partition coefficient (Wildman–Crippen LogP) is 4.47. The second kappa shape index (κ2) is 7.55. The van der Waals surface area contributed by atoms with Crippen molar-refractivity contribution in [1.82, 2.24) is 5.43 Å². The Hall–Kier alpha value is -3.40. The number of phenols is 1. The van der Waals surface area contributed by atoms with E-state index in [0.717, 1.165) is 17.5 Å². The van der Waals surface area contributed by atoms with Gasteiger partial charge in [0.25, 0.3) is 0 Å². The molecule has 0 bridgehead atoms. The van der Waals surface area contributed by atoms with Crippen LogP contribution in [0.4, 0.5) is 0 Å². The summed E-state index contributed by atoms with van der Waals surface area (Å²) < 4.78 is 0. The van der Waals surface area contributed by atoms with Crippen molar-refractivity contribution in [3.8, 4) is 5.75 Å². The molecule has 0 heterocycles. The van der Waals surface area contributed by atoms with Crippen LogP contribution in [-0.4, -0.2) is 17.2 Å². The van der Waals surface area contributed by atoms with Crippen molar-refractivity contribution in [3.63, 3.8) is 0 Å². The molecule has 1 fully saturated rings. The minimum atomic E-state index is -0.327. The molecule has 0 aromatic heterocycles. The number of phenolic OH excluding ortho intramolecular Hbond substituents is 1. The molecule has 2 N–H and O–H groups in total. The normalized spacial score (nSPS) is 17.2. The van der Waals surface area contributed by atoms with Crippen LogP contribution in [0.2, 0.25) is 0 Å². The fourth-order valence-corrected chi connectivity index (χ4v) is 4.07. The smallest absolute Gasteiger partial charge is 0.244 e. The number of aryl methyl sites for hydroxylation is 2. The first-order valence-electron chi connectivity index (χ1n) is 9.76. The van der Waals surface area contributed by atoms with E-state index in [-0.39, 0.29) is 23.0 Å². The second-order valence-electron chi connectivity index (χ2n) is 7.76. The van der Waals surface area contributed by atoms with E-state index in [1.807, 2.05) is 18.2 Å². The summed E-state index contributed by atoms with van der Waals surface area (Å²) in [6, 6.07) is 23.7. The van der Waals surface area contributed by atoms with Crippen LogP contribution < -0.4 is 5.43 Å². The van der Waals surface area contributed by atoms with Crippen molar-refractivity contribution in [2.75, 3.05) is 0 Å². The number of hydrazone groups is 1. The topological polar surface area (TPSA) is 61.7 Å². The maximum atomic E-state index is 12.9. The van der Waals surface area contributed by atoms with Gasteiger partial charge in [0.2, 0.25) is 5.91 Å². The number of rotatable bonds is 5. The van der Waals surface area contributed by atoms with Crippen molar-refractivity contribution < 1.29 is 9.90 Å². The van der Waals surface area contributed by atoms with E-state index < -0.39 is 0 Å². The highest BCUT2D eigenvalue weighted by Gasteiger charge is 2.60. The Morgan fingerprint density at radius 3 is 2.21 bits per heavy atom. The standard InChI is InChI=1S/C25H24N2O2/c1-17-7-5-10-20(13-17)25(21-11-6-8-18(2)14-21)15-22(25)24(29)27-26-16-19-9-3-4-12-23(19)28/h3-14,16,22,28H,15H2,1-2H3,(H,27,29)/b26-16-/t22-/m1/s1. The summed E-state index contributed by atoms with van der Waals surface area (Å²) in [5.41, 5.74) is 7.58. The zero-order chi connectivity index (χ0) is 20.4. The van der Waals surface area contributed by atoms with Gasteiger partial charge in [0.15, 0.2) is 0 Å². The van der Waals surface area contributed by atoms with Crippen LogP contribution in [0.15, 0.2) is 77.9 Å². The summed E-state index contributed by atoms with van der Waals surface area (Å²) in [4.78, 5) is 12.9. The van der Waals surface area contributed by atoms with E-state index in [0.29, 0.717) is 5.56 Å². The Morgan fingerprint density at radius 1 is 1.00 bits per heavy atom. The summed E-state index contributed by atoms with van der Waals surface area (Å²) in [7, 11) is 0. The molecular formula is C25H24N2O2. The van der Waals surface area contributed by atoms with Gasteiger partial charge < -0.3 is 5.11 Å². The fourth-order valence-electron chi connectivity index (χ4n) is 4.07. The van der Waals surface area contributed by atoms with Crippen LogP contribution >= 0.6 is 0 Å². The van der Waals surface area contributed by atoms with E-state index in [2.05, 4.69) is 60.8 Å². The Kier molecular flexibility index (Phi) is 4.93. The number of nitrogens with one attached hydrogen (secondary N) is 1. The van der Waals surface area contributed by atoms with Gasteiger partial charge in [-0.1, -0.05) is 71.8 Å². The number of hydrogen-bond acceptors (Lipinski definition) is 3. The molecule has 0 spiro atoms. The number of carbonyl (C=O) groups is 1. The van der Waals surface area contributed by atoms with Crippen molar-refractivity contribution in [2.45, 2.75) is 25.7 Å². The highest BCUT2D eigenvalue weighted by atomic mass is 16.3. The molecule has 3 aromatic rings. The molecule has 0 saturated heterocycles. The number of aromatic hydroxyl groups is 1. The van der Waals surface area contributed by atoms with Crippen LogP contribution in [0.25, 0.3) is 0 Å². The summed E-state index contributed by atoms with van der Waals surface area (Å²) in [6.07, 6.45) is 2.22.